The molecule has 1 aliphatic rings. The fourth-order valence-corrected chi connectivity index (χ4v) is 4.13. The molecule has 35 heavy (non-hydrogen) atoms. The Hall–Kier alpha value is -3.18. The van der Waals surface area contributed by atoms with Crippen LogP contribution in [0.3, 0.4) is 0 Å². The molecule has 1 aliphatic heterocycles. The van der Waals surface area contributed by atoms with Gasteiger partial charge in [0.1, 0.15) is 34.2 Å². The number of aryl methyl sites for hydroxylation is 1. The third-order valence-electron chi connectivity index (χ3n) is 5.85. The molecule has 4 rings (SSSR count). The predicted molar refractivity (Wildman–Crippen MR) is 128 cm³/mol. The molecule has 2 aromatic heterocycles. The molecule has 1 saturated heterocycles. The van der Waals surface area contributed by atoms with Crippen LogP contribution in [-0.4, -0.2) is 63.5 Å². The van der Waals surface area contributed by atoms with Crippen molar-refractivity contribution in [2.75, 3.05) is 33.2 Å². The van der Waals surface area contributed by atoms with E-state index < -0.39 is 11.6 Å². The molecule has 0 saturated carbocycles. The van der Waals surface area contributed by atoms with Gasteiger partial charge >= 0.3 is 0 Å². The summed E-state index contributed by atoms with van der Waals surface area (Å²) < 4.78 is 34.3. The molecule has 0 aliphatic carbocycles. The lowest BCUT2D eigenvalue weighted by atomic mass is 10.2. The molecule has 0 bridgehead atoms. The second kappa shape index (κ2) is 10.6. The lowest BCUT2D eigenvalue weighted by Crippen LogP contribution is -2.47. The van der Waals surface area contributed by atoms with Crippen molar-refractivity contribution >= 4 is 21.8 Å². The first-order valence-electron chi connectivity index (χ1n) is 11.0. The average molecular weight is 548 g/mol. The number of benzene rings is 1. The standard InChI is InChI=1S/C24H24BrF2N5O3/c1-15-9-21(35-14-16-3-4-17(26)10-19(16)27)22(25)24(34)32(15)13-18-11-29-20(12-28-18)23(33)31-7-5-30(2)6-8-31/h3-4,9-12H,5-8,13-14H2,1-2H3. The Bertz CT molecular complexity index is 1290. The number of halogens is 3. The molecule has 8 nitrogen and oxygen atoms in total. The third-order valence-corrected chi connectivity index (χ3v) is 6.58. The van der Waals surface area contributed by atoms with Gasteiger partial charge in [-0.3, -0.25) is 14.6 Å². The van der Waals surface area contributed by atoms with Gasteiger partial charge in [-0.1, -0.05) is 0 Å². The van der Waals surface area contributed by atoms with E-state index in [0.717, 1.165) is 25.2 Å². The maximum atomic E-state index is 13.9. The second-order valence-corrected chi connectivity index (χ2v) is 9.16. The van der Waals surface area contributed by atoms with Crippen LogP contribution >= 0.6 is 15.9 Å². The van der Waals surface area contributed by atoms with Crippen LogP contribution in [0.15, 0.2) is 45.9 Å². The number of pyridine rings is 1. The molecular formula is C24H24BrF2N5O3. The summed E-state index contributed by atoms with van der Waals surface area (Å²) in [5, 5.41) is 0. The maximum Gasteiger partial charge on any atom is 0.274 e. The van der Waals surface area contributed by atoms with Gasteiger partial charge in [-0.05, 0) is 42.0 Å². The zero-order chi connectivity index (χ0) is 25.1. The van der Waals surface area contributed by atoms with Gasteiger partial charge in [0.05, 0.1) is 24.6 Å². The van der Waals surface area contributed by atoms with Crippen molar-refractivity contribution < 1.29 is 18.3 Å². The summed E-state index contributed by atoms with van der Waals surface area (Å²) in [5.74, 6) is -1.32. The minimum atomic E-state index is -0.723. The van der Waals surface area contributed by atoms with Gasteiger partial charge in [0.2, 0.25) is 0 Å². The molecule has 0 radical (unpaired) electrons. The van der Waals surface area contributed by atoms with Gasteiger partial charge in [0.15, 0.2) is 0 Å². The number of likely N-dealkylation sites (N-methyl/N-ethyl adjacent to an activating group) is 1. The van der Waals surface area contributed by atoms with Crippen molar-refractivity contribution in [1.82, 2.24) is 24.3 Å². The highest BCUT2D eigenvalue weighted by Gasteiger charge is 2.22. The number of nitrogens with zero attached hydrogens (tertiary/aromatic N) is 5. The molecule has 1 aromatic carbocycles. The number of amides is 1. The smallest absolute Gasteiger partial charge is 0.274 e. The van der Waals surface area contributed by atoms with Crippen LogP contribution in [-0.2, 0) is 13.2 Å². The maximum absolute atomic E-state index is 13.9. The Morgan fingerprint density at radius 2 is 1.86 bits per heavy atom. The van der Waals surface area contributed by atoms with Crippen molar-refractivity contribution in [1.29, 1.82) is 0 Å². The van der Waals surface area contributed by atoms with E-state index in [1.807, 2.05) is 7.05 Å². The highest BCUT2D eigenvalue weighted by Crippen LogP contribution is 2.24. The molecule has 3 aromatic rings. The fourth-order valence-electron chi connectivity index (χ4n) is 3.69. The van der Waals surface area contributed by atoms with Crippen LogP contribution in [0.5, 0.6) is 5.75 Å². The lowest BCUT2D eigenvalue weighted by molar-refractivity contribution is 0.0657. The molecule has 0 N–H and O–H groups in total. The first-order chi connectivity index (χ1) is 16.7. The fraction of sp³-hybridized carbons (Fsp3) is 0.333. The Morgan fingerprint density at radius 3 is 2.51 bits per heavy atom. The van der Waals surface area contributed by atoms with Crippen molar-refractivity contribution in [2.45, 2.75) is 20.1 Å². The minimum Gasteiger partial charge on any atom is -0.487 e. The summed E-state index contributed by atoms with van der Waals surface area (Å²) in [4.78, 5) is 38.1. The Morgan fingerprint density at radius 1 is 1.11 bits per heavy atom. The van der Waals surface area contributed by atoms with Crippen LogP contribution in [0.4, 0.5) is 8.78 Å². The first-order valence-corrected chi connectivity index (χ1v) is 11.8. The van der Waals surface area contributed by atoms with Gasteiger partial charge in [-0.25, -0.2) is 13.8 Å². The normalized spacial score (nSPS) is 14.3. The van der Waals surface area contributed by atoms with Crippen molar-refractivity contribution in [2.24, 2.45) is 0 Å². The quantitative estimate of drug-likeness (QED) is 0.472. The number of carbonyl (C=O) groups is 1. The zero-order valence-corrected chi connectivity index (χ0v) is 20.9. The van der Waals surface area contributed by atoms with E-state index in [9.17, 15) is 18.4 Å². The molecule has 184 valence electrons. The van der Waals surface area contributed by atoms with Crippen LogP contribution in [0.1, 0.15) is 27.4 Å². The van der Waals surface area contributed by atoms with Crippen LogP contribution < -0.4 is 10.3 Å². The number of rotatable bonds is 6. The average Bonchev–Trinajstić information content (AvgIpc) is 2.84. The van der Waals surface area contributed by atoms with Gasteiger partial charge in [-0.2, -0.15) is 0 Å². The van der Waals surface area contributed by atoms with Crippen molar-refractivity contribution in [3.05, 3.63) is 85.8 Å². The van der Waals surface area contributed by atoms with Gasteiger partial charge < -0.3 is 19.1 Å². The van der Waals surface area contributed by atoms with Gasteiger partial charge in [0, 0.05) is 49.6 Å². The number of carbonyl (C=O) groups excluding carboxylic acids is 1. The van der Waals surface area contributed by atoms with E-state index in [-0.39, 0.29) is 46.1 Å². The highest BCUT2D eigenvalue weighted by atomic mass is 79.9. The third kappa shape index (κ3) is 5.73. The molecule has 3 heterocycles. The predicted octanol–water partition coefficient (Wildman–Crippen LogP) is 3.00. The number of ether oxygens (including phenoxy) is 1. The number of aromatic nitrogens is 3. The highest BCUT2D eigenvalue weighted by molar-refractivity contribution is 9.10. The van der Waals surface area contributed by atoms with E-state index >= 15 is 0 Å². The summed E-state index contributed by atoms with van der Waals surface area (Å²) in [6.45, 7) is 4.62. The first kappa shape index (κ1) is 24.9. The minimum absolute atomic E-state index is 0.145. The summed E-state index contributed by atoms with van der Waals surface area (Å²) in [6.07, 6.45) is 2.92. The molecular weight excluding hydrogens is 524 g/mol. The van der Waals surface area contributed by atoms with Gasteiger partial charge in [0.25, 0.3) is 11.5 Å². The number of hydrogen-bond donors (Lipinski definition) is 0. The topological polar surface area (TPSA) is 80.6 Å². The zero-order valence-electron chi connectivity index (χ0n) is 19.3. The Balaban J connectivity index is 1.46. The lowest BCUT2D eigenvalue weighted by Gasteiger charge is -2.32. The number of hydrogen-bond acceptors (Lipinski definition) is 6. The van der Waals surface area contributed by atoms with E-state index in [4.69, 9.17) is 4.74 Å². The summed E-state index contributed by atoms with van der Waals surface area (Å²) >= 11 is 3.26. The molecule has 1 fully saturated rings. The van der Waals surface area contributed by atoms with E-state index in [1.54, 1.807) is 17.9 Å². The van der Waals surface area contributed by atoms with Crippen LogP contribution in [0, 0.1) is 18.6 Å². The molecule has 1 amide bonds. The monoisotopic (exact) mass is 547 g/mol. The SMILES string of the molecule is Cc1cc(OCc2ccc(F)cc2F)c(Br)c(=O)n1Cc1cnc(C(=O)N2CCN(C)CC2)cn1. The summed E-state index contributed by atoms with van der Waals surface area (Å²) in [6, 6.07) is 4.86. The van der Waals surface area contributed by atoms with Crippen molar-refractivity contribution in [3.63, 3.8) is 0 Å². The molecule has 0 atom stereocenters. The summed E-state index contributed by atoms with van der Waals surface area (Å²) in [7, 11) is 2.02. The second-order valence-electron chi connectivity index (χ2n) is 8.37. The summed E-state index contributed by atoms with van der Waals surface area (Å²) in [5.41, 5.74) is 1.17. The van der Waals surface area contributed by atoms with E-state index in [0.29, 0.717) is 24.5 Å². The molecule has 0 unspecified atom stereocenters. The number of piperazine rings is 1. The Kier molecular flexibility index (Phi) is 7.56. The van der Waals surface area contributed by atoms with Crippen LogP contribution in [0.25, 0.3) is 0 Å². The van der Waals surface area contributed by atoms with Crippen LogP contribution in [0.2, 0.25) is 0 Å². The van der Waals surface area contributed by atoms with E-state index in [2.05, 4.69) is 30.8 Å². The Labute approximate surface area is 209 Å². The van der Waals surface area contributed by atoms with E-state index in [1.165, 1.54) is 23.0 Å². The molecule has 0 spiro atoms. The van der Waals surface area contributed by atoms with Crippen molar-refractivity contribution in [3.8, 4) is 5.75 Å². The largest absolute Gasteiger partial charge is 0.487 e. The van der Waals surface area contributed by atoms with Gasteiger partial charge in [-0.15, -0.1) is 0 Å². The molecule has 11 heteroatoms.